The normalized spacial score (nSPS) is 11.6. The molecule has 0 aromatic rings. The first kappa shape index (κ1) is 16.8. The molecule has 17 heavy (non-hydrogen) atoms. The van der Waals surface area contributed by atoms with Crippen LogP contribution in [0.1, 0.15) is 12.8 Å². The van der Waals surface area contributed by atoms with Crippen LogP contribution in [0.5, 0.6) is 0 Å². The predicted molar refractivity (Wildman–Crippen MR) is 71.3 cm³/mol. The number of hydrogen-bond donors (Lipinski definition) is 3. The summed E-state index contributed by atoms with van der Waals surface area (Å²) in [6.07, 6.45) is 2.23. The van der Waals surface area contributed by atoms with Crippen LogP contribution in [0.15, 0.2) is 0 Å². The van der Waals surface area contributed by atoms with Gasteiger partial charge in [0.25, 0.3) is 0 Å². The molecule has 0 fully saturated rings. The quantitative estimate of drug-likeness (QED) is 0.394. The molecule has 0 radical (unpaired) electrons. The molecule has 0 amide bonds. The summed E-state index contributed by atoms with van der Waals surface area (Å²) in [4.78, 5) is 4.27. The minimum Gasteiger partial charge on any atom is -0.395 e. The molecule has 104 valence electrons. The summed E-state index contributed by atoms with van der Waals surface area (Å²) in [5.74, 6) is 0. The van der Waals surface area contributed by atoms with E-state index < -0.39 is 0 Å². The SMILES string of the molecule is CN(CCO)CCCNCCCN(C)CCO. The highest BCUT2D eigenvalue weighted by molar-refractivity contribution is 4.56. The molecule has 0 spiro atoms. The van der Waals surface area contributed by atoms with Gasteiger partial charge in [0.15, 0.2) is 0 Å². The van der Waals surface area contributed by atoms with Crippen molar-refractivity contribution in [3.63, 3.8) is 0 Å². The van der Waals surface area contributed by atoms with Crippen LogP contribution in [0, 0.1) is 0 Å². The van der Waals surface area contributed by atoms with Gasteiger partial charge < -0.3 is 25.3 Å². The second-order valence-electron chi connectivity index (χ2n) is 4.51. The van der Waals surface area contributed by atoms with E-state index in [1.54, 1.807) is 0 Å². The third-order valence-corrected chi connectivity index (χ3v) is 2.75. The van der Waals surface area contributed by atoms with Crippen LogP contribution in [-0.2, 0) is 0 Å². The van der Waals surface area contributed by atoms with E-state index in [4.69, 9.17) is 10.2 Å². The Morgan fingerprint density at radius 1 is 0.765 bits per heavy atom. The molecule has 0 unspecified atom stereocenters. The summed E-state index contributed by atoms with van der Waals surface area (Å²) in [5, 5.41) is 20.9. The lowest BCUT2D eigenvalue weighted by molar-refractivity contribution is 0.217. The number of nitrogens with zero attached hydrogens (tertiary/aromatic N) is 2. The van der Waals surface area contributed by atoms with E-state index in [0.717, 1.165) is 52.1 Å². The van der Waals surface area contributed by atoms with Gasteiger partial charge in [-0.15, -0.1) is 0 Å². The first-order valence-electron chi connectivity index (χ1n) is 6.50. The molecule has 3 N–H and O–H groups in total. The van der Waals surface area contributed by atoms with E-state index in [1.807, 2.05) is 14.1 Å². The molecule has 0 aliphatic carbocycles. The smallest absolute Gasteiger partial charge is 0.0558 e. The van der Waals surface area contributed by atoms with Crippen molar-refractivity contribution in [3.05, 3.63) is 0 Å². The van der Waals surface area contributed by atoms with Crippen molar-refractivity contribution in [2.24, 2.45) is 0 Å². The summed E-state index contributed by atoms with van der Waals surface area (Å²) in [6.45, 7) is 6.09. The topological polar surface area (TPSA) is 59.0 Å². The van der Waals surface area contributed by atoms with Crippen LogP contribution in [0.25, 0.3) is 0 Å². The molecule has 5 nitrogen and oxygen atoms in total. The lowest BCUT2D eigenvalue weighted by Gasteiger charge is -2.16. The summed E-state index contributed by atoms with van der Waals surface area (Å²) in [7, 11) is 4.06. The number of hydrogen-bond acceptors (Lipinski definition) is 5. The van der Waals surface area contributed by atoms with Gasteiger partial charge in [0.05, 0.1) is 13.2 Å². The maximum Gasteiger partial charge on any atom is 0.0558 e. The van der Waals surface area contributed by atoms with Crippen LogP contribution in [0.2, 0.25) is 0 Å². The summed E-state index contributed by atoms with van der Waals surface area (Å²) < 4.78 is 0. The molecule has 0 aliphatic heterocycles. The second kappa shape index (κ2) is 12.3. The lowest BCUT2D eigenvalue weighted by Crippen LogP contribution is -2.29. The van der Waals surface area contributed by atoms with Crippen LogP contribution >= 0.6 is 0 Å². The minimum absolute atomic E-state index is 0.237. The Morgan fingerprint density at radius 2 is 1.18 bits per heavy atom. The maximum atomic E-state index is 8.73. The first-order valence-corrected chi connectivity index (χ1v) is 6.50. The van der Waals surface area contributed by atoms with Gasteiger partial charge in [-0.2, -0.15) is 0 Å². The Kier molecular flexibility index (Phi) is 12.1. The van der Waals surface area contributed by atoms with Crippen molar-refractivity contribution >= 4 is 0 Å². The standard InChI is InChI=1S/C12H29N3O2/c1-14(9-11-16)7-3-5-13-6-4-8-15(2)10-12-17/h13,16-17H,3-12H2,1-2H3. The Hall–Kier alpha value is -0.200. The number of rotatable bonds is 12. The molecule has 0 aliphatic rings. The highest BCUT2D eigenvalue weighted by Gasteiger charge is 1.97. The van der Waals surface area contributed by atoms with Gasteiger partial charge >= 0.3 is 0 Å². The average molecular weight is 247 g/mol. The molecular weight excluding hydrogens is 218 g/mol. The zero-order valence-electron chi connectivity index (χ0n) is 11.4. The minimum atomic E-state index is 0.237. The van der Waals surface area contributed by atoms with Crippen molar-refractivity contribution < 1.29 is 10.2 Å². The zero-order chi connectivity index (χ0) is 12.9. The third-order valence-electron chi connectivity index (χ3n) is 2.75. The number of aliphatic hydroxyl groups excluding tert-OH is 2. The fourth-order valence-electron chi connectivity index (χ4n) is 1.64. The maximum absolute atomic E-state index is 8.73. The average Bonchev–Trinajstić information content (AvgIpc) is 2.28. The Morgan fingerprint density at radius 3 is 1.53 bits per heavy atom. The number of likely N-dealkylation sites (N-methyl/N-ethyl adjacent to an activating group) is 2. The molecule has 0 aromatic heterocycles. The van der Waals surface area contributed by atoms with Gasteiger partial charge in [-0.1, -0.05) is 0 Å². The van der Waals surface area contributed by atoms with Crippen molar-refractivity contribution in [2.45, 2.75) is 12.8 Å². The third kappa shape index (κ3) is 12.1. The summed E-state index contributed by atoms with van der Waals surface area (Å²) >= 11 is 0. The van der Waals surface area contributed by atoms with Gasteiger partial charge in [0, 0.05) is 13.1 Å². The van der Waals surface area contributed by atoms with E-state index >= 15 is 0 Å². The van der Waals surface area contributed by atoms with E-state index in [1.165, 1.54) is 0 Å². The Balaban J connectivity index is 3.13. The predicted octanol–water partition coefficient (Wildman–Crippen LogP) is -0.796. The Bertz CT molecular complexity index is 143. The van der Waals surface area contributed by atoms with Crippen molar-refractivity contribution in [1.82, 2.24) is 15.1 Å². The number of aliphatic hydroxyl groups is 2. The van der Waals surface area contributed by atoms with Gasteiger partial charge in [-0.25, -0.2) is 0 Å². The summed E-state index contributed by atoms with van der Waals surface area (Å²) in [5.41, 5.74) is 0. The molecule has 0 atom stereocenters. The van der Waals surface area contributed by atoms with Gasteiger partial charge in [-0.3, -0.25) is 0 Å². The van der Waals surface area contributed by atoms with Gasteiger partial charge in [-0.05, 0) is 53.1 Å². The largest absolute Gasteiger partial charge is 0.395 e. The second-order valence-corrected chi connectivity index (χ2v) is 4.51. The van der Waals surface area contributed by atoms with E-state index in [2.05, 4.69) is 15.1 Å². The zero-order valence-corrected chi connectivity index (χ0v) is 11.4. The molecular formula is C12H29N3O2. The Labute approximate surface area is 105 Å². The van der Waals surface area contributed by atoms with Crippen molar-refractivity contribution in [3.8, 4) is 0 Å². The van der Waals surface area contributed by atoms with E-state index in [9.17, 15) is 0 Å². The van der Waals surface area contributed by atoms with Crippen LogP contribution in [0.3, 0.4) is 0 Å². The molecule has 0 aromatic carbocycles. The van der Waals surface area contributed by atoms with Gasteiger partial charge in [0.2, 0.25) is 0 Å². The van der Waals surface area contributed by atoms with E-state index in [0.29, 0.717) is 0 Å². The fourth-order valence-corrected chi connectivity index (χ4v) is 1.64. The monoisotopic (exact) mass is 247 g/mol. The molecule has 5 heteroatoms. The highest BCUT2D eigenvalue weighted by Crippen LogP contribution is 1.87. The lowest BCUT2D eigenvalue weighted by atomic mass is 10.3. The van der Waals surface area contributed by atoms with Gasteiger partial charge in [0.1, 0.15) is 0 Å². The molecule has 0 rings (SSSR count). The van der Waals surface area contributed by atoms with Crippen molar-refractivity contribution in [1.29, 1.82) is 0 Å². The highest BCUT2D eigenvalue weighted by atomic mass is 16.3. The molecule has 0 saturated carbocycles. The van der Waals surface area contributed by atoms with Crippen LogP contribution in [0.4, 0.5) is 0 Å². The number of nitrogens with one attached hydrogen (secondary N) is 1. The molecule has 0 bridgehead atoms. The van der Waals surface area contributed by atoms with Crippen LogP contribution < -0.4 is 5.32 Å². The molecule has 0 heterocycles. The summed E-state index contributed by atoms with van der Waals surface area (Å²) in [6, 6.07) is 0. The van der Waals surface area contributed by atoms with Crippen molar-refractivity contribution in [2.75, 3.05) is 66.6 Å². The van der Waals surface area contributed by atoms with Crippen LogP contribution in [-0.4, -0.2) is 86.6 Å². The molecule has 0 saturated heterocycles. The fraction of sp³-hybridized carbons (Fsp3) is 1.00. The van der Waals surface area contributed by atoms with E-state index in [-0.39, 0.29) is 13.2 Å². The first-order chi connectivity index (χ1) is 8.20.